The summed E-state index contributed by atoms with van der Waals surface area (Å²) in [7, 11) is 0. The van der Waals surface area contributed by atoms with E-state index < -0.39 is 11.2 Å². The van der Waals surface area contributed by atoms with Crippen LogP contribution in [0.5, 0.6) is 0 Å². The molecule has 1 atom stereocenters. The molecule has 5 heteroatoms. The molecule has 2 rings (SSSR count). The van der Waals surface area contributed by atoms with Gasteiger partial charge in [0.05, 0.1) is 11.2 Å². The van der Waals surface area contributed by atoms with E-state index in [-0.39, 0.29) is 12.2 Å². The van der Waals surface area contributed by atoms with Crippen molar-refractivity contribution in [1.82, 2.24) is 0 Å². The Hall–Kier alpha value is -1.00. The summed E-state index contributed by atoms with van der Waals surface area (Å²) in [6.07, 6.45) is 5.54. The minimum Gasteiger partial charge on any atom is -0.549 e. The highest BCUT2D eigenvalue weighted by molar-refractivity contribution is 8.01. The number of ketones is 1. The van der Waals surface area contributed by atoms with E-state index in [0.717, 1.165) is 25.7 Å². The molecule has 1 fully saturated rings. The Balaban J connectivity index is 1.96. The number of halogens is 1. The predicted molar refractivity (Wildman–Crippen MR) is 83.7 cm³/mol. The number of hydrogen-bond acceptors (Lipinski definition) is 4. The minimum atomic E-state index is -1.15. The van der Waals surface area contributed by atoms with E-state index in [0.29, 0.717) is 15.8 Å². The minimum absolute atomic E-state index is 0.0227. The van der Waals surface area contributed by atoms with Crippen LogP contribution in [0, 0.1) is 0 Å². The van der Waals surface area contributed by atoms with E-state index in [9.17, 15) is 14.7 Å². The lowest BCUT2D eigenvalue weighted by Crippen LogP contribution is -2.36. The number of thioether (sulfide) groups is 1. The second-order valence-electron chi connectivity index (χ2n) is 5.34. The van der Waals surface area contributed by atoms with Gasteiger partial charge in [0.15, 0.2) is 5.78 Å². The molecule has 1 aromatic rings. The third kappa shape index (κ3) is 5.04. The van der Waals surface area contributed by atoms with Crippen molar-refractivity contribution in [3.05, 3.63) is 34.9 Å². The predicted octanol–water partition coefficient (Wildman–Crippen LogP) is 3.10. The van der Waals surface area contributed by atoms with Crippen molar-refractivity contribution in [2.75, 3.05) is 0 Å². The van der Waals surface area contributed by atoms with Crippen LogP contribution >= 0.6 is 23.4 Å². The van der Waals surface area contributed by atoms with Crippen LogP contribution in [0.2, 0.25) is 5.02 Å². The summed E-state index contributed by atoms with van der Waals surface area (Å²) in [5.74, 6) is -1.32. The SMILES string of the molecule is O=C(C[C@@H](SC1CCCCC1)C(=O)[O-])c1ccc(Cl)cc1. The first-order valence-electron chi connectivity index (χ1n) is 7.21. The van der Waals surface area contributed by atoms with E-state index in [1.807, 2.05) is 0 Å². The number of carboxylic acid groups (broad SMARTS) is 1. The normalized spacial score (nSPS) is 17.4. The van der Waals surface area contributed by atoms with Crippen molar-refractivity contribution < 1.29 is 14.7 Å². The van der Waals surface area contributed by atoms with E-state index in [1.165, 1.54) is 18.2 Å². The highest BCUT2D eigenvalue weighted by Crippen LogP contribution is 2.32. The third-order valence-electron chi connectivity index (χ3n) is 3.71. The highest BCUT2D eigenvalue weighted by Gasteiger charge is 2.23. The van der Waals surface area contributed by atoms with Gasteiger partial charge in [-0.1, -0.05) is 30.9 Å². The molecule has 1 aliphatic rings. The van der Waals surface area contributed by atoms with Crippen LogP contribution in [0.4, 0.5) is 0 Å². The molecule has 1 saturated carbocycles. The van der Waals surface area contributed by atoms with E-state index in [4.69, 9.17) is 11.6 Å². The van der Waals surface area contributed by atoms with Crippen LogP contribution < -0.4 is 5.11 Å². The van der Waals surface area contributed by atoms with E-state index >= 15 is 0 Å². The molecule has 0 aliphatic heterocycles. The Labute approximate surface area is 134 Å². The second kappa shape index (κ2) is 7.85. The maximum absolute atomic E-state index is 12.2. The Kier molecular flexibility index (Phi) is 6.12. The number of aliphatic carboxylic acids is 1. The average molecular weight is 326 g/mol. The Morgan fingerprint density at radius 2 is 1.81 bits per heavy atom. The molecule has 0 aromatic heterocycles. The van der Waals surface area contributed by atoms with Gasteiger partial charge in [-0.3, -0.25) is 4.79 Å². The number of benzene rings is 1. The molecule has 0 unspecified atom stereocenters. The maximum atomic E-state index is 12.2. The lowest BCUT2D eigenvalue weighted by atomic mass is 10.0. The Bertz CT molecular complexity index is 495. The average Bonchev–Trinajstić information content (AvgIpc) is 2.48. The first-order valence-corrected chi connectivity index (χ1v) is 8.53. The van der Waals surface area contributed by atoms with Gasteiger partial charge >= 0.3 is 0 Å². The first-order chi connectivity index (χ1) is 10.1. The molecule has 0 N–H and O–H groups in total. The fourth-order valence-electron chi connectivity index (χ4n) is 2.54. The lowest BCUT2D eigenvalue weighted by molar-refractivity contribution is -0.304. The fourth-order valence-corrected chi connectivity index (χ4v) is 4.10. The van der Waals surface area contributed by atoms with Crippen LogP contribution in [0.1, 0.15) is 48.9 Å². The summed E-state index contributed by atoms with van der Waals surface area (Å²) in [5.41, 5.74) is 0.495. The lowest BCUT2D eigenvalue weighted by Gasteiger charge is -2.26. The second-order valence-corrected chi connectivity index (χ2v) is 7.28. The number of carbonyl (C=O) groups is 2. The number of rotatable bonds is 6. The van der Waals surface area contributed by atoms with Crippen molar-refractivity contribution in [3.63, 3.8) is 0 Å². The summed E-state index contributed by atoms with van der Waals surface area (Å²) < 4.78 is 0. The van der Waals surface area contributed by atoms with Gasteiger partial charge < -0.3 is 9.90 Å². The van der Waals surface area contributed by atoms with Crippen molar-refractivity contribution in [2.24, 2.45) is 0 Å². The highest BCUT2D eigenvalue weighted by atomic mass is 35.5. The van der Waals surface area contributed by atoms with E-state index in [1.54, 1.807) is 24.3 Å². The molecule has 114 valence electrons. The third-order valence-corrected chi connectivity index (χ3v) is 5.50. The molecule has 3 nitrogen and oxygen atoms in total. The molecular formula is C16H18ClO3S-. The van der Waals surface area contributed by atoms with Gasteiger partial charge in [0.2, 0.25) is 0 Å². The van der Waals surface area contributed by atoms with Gasteiger partial charge in [0.1, 0.15) is 0 Å². The van der Waals surface area contributed by atoms with Crippen molar-refractivity contribution >= 4 is 35.1 Å². The van der Waals surface area contributed by atoms with Gasteiger partial charge in [0, 0.05) is 22.3 Å². The Morgan fingerprint density at radius 1 is 1.19 bits per heavy atom. The number of carboxylic acids is 1. The number of carbonyl (C=O) groups excluding carboxylic acids is 2. The van der Waals surface area contributed by atoms with Crippen molar-refractivity contribution in [3.8, 4) is 0 Å². The molecule has 21 heavy (non-hydrogen) atoms. The zero-order valence-electron chi connectivity index (χ0n) is 11.7. The van der Waals surface area contributed by atoms with Crippen molar-refractivity contribution in [1.29, 1.82) is 0 Å². The molecule has 0 spiro atoms. The molecule has 0 amide bonds. The summed E-state index contributed by atoms with van der Waals surface area (Å²) in [5, 5.41) is 11.4. The summed E-state index contributed by atoms with van der Waals surface area (Å²) in [4.78, 5) is 23.5. The van der Waals surface area contributed by atoms with Crippen LogP contribution in [0.15, 0.2) is 24.3 Å². The summed E-state index contributed by atoms with van der Waals surface area (Å²) in [6, 6.07) is 6.53. The van der Waals surface area contributed by atoms with Crippen LogP contribution in [0.25, 0.3) is 0 Å². The zero-order valence-corrected chi connectivity index (χ0v) is 13.3. The fraction of sp³-hybridized carbons (Fsp3) is 0.500. The van der Waals surface area contributed by atoms with Gasteiger partial charge in [0.25, 0.3) is 0 Å². The maximum Gasteiger partial charge on any atom is 0.164 e. The molecule has 0 radical (unpaired) electrons. The molecule has 0 bridgehead atoms. The van der Waals surface area contributed by atoms with Crippen LogP contribution in [0.3, 0.4) is 0 Å². The monoisotopic (exact) mass is 325 g/mol. The standard InChI is InChI=1S/C16H19ClO3S/c17-12-8-6-11(7-9-12)14(18)10-15(16(19)20)21-13-4-2-1-3-5-13/h6-9,13,15H,1-5,10H2,(H,19,20)/p-1/t15-/m1/s1. The van der Waals surface area contributed by atoms with E-state index in [2.05, 4.69) is 0 Å². The number of Topliss-reactive ketones (excluding diaryl/α,β-unsaturated/α-hetero) is 1. The molecule has 1 aromatic carbocycles. The van der Waals surface area contributed by atoms with Crippen molar-refractivity contribution in [2.45, 2.75) is 49.0 Å². The first kappa shape index (κ1) is 16.4. The Morgan fingerprint density at radius 3 is 2.38 bits per heavy atom. The summed E-state index contributed by atoms with van der Waals surface area (Å²) in [6.45, 7) is 0. The smallest absolute Gasteiger partial charge is 0.164 e. The molecule has 0 heterocycles. The number of hydrogen-bond donors (Lipinski definition) is 0. The van der Waals surface area contributed by atoms with Crippen LogP contribution in [-0.4, -0.2) is 22.3 Å². The molecule has 0 saturated heterocycles. The van der Waals surface area contributed by atoms with Gasteiger partial charge in [-0.2, -0.15) is 0 Å². The summed E-state index contributed by atoms with van der Waals surface area (Å²) >= 11 is 7.17. The largest absolute Gasteiger partial charge is 0.549 e. The van der Waals surface area contributed by atoms with Gasteiger partial charge in [-0.25, -0.2) is 0 Å². The molecule has 1 aliphatic carbocycles. The molecular weight excluding hydrogens is 308 g/mol. The quantitative estimate of drug-likeness (QED) is 0.754. The van der Waals surface area contributed by atoms with Crippen LogP contribution in [-0.2, 0) is 4.79 Å². The topological polar surface area (TPSA) is 57.2 Å². The zero-order chi connectivity index (χ0) is 15.2. The van der Waals surface area contributed by atoms with Gasteiger partial charge in [-0.15, -0.1) is 11.8 Å². The van der Waals surface area contributed by atoms with Gasteiger partial charge in [-0.05, 0) is 37.1 Å².